The highest BCUT2D eigenvalue weighted by molar-refractivity contribution is 5.91. The third-order valence-corrected chi connectivity index (χ3v) is 6.34. The molecule has 4 rings (SSSR count). The first-order valence-electron chi connectivity index (χ1n) is 10.7. The van der Waals surface area contributed by atoms with Gasteiger partial charge in [0.15, 0.2) is 0 Å². The Morgan fingerprint density at radius 1 is 1.27 bits per heavy atom. The molecule has 1 aliphatic carbocycles. The van der Waals surface area contributed by atoms with Crippen molar-refractivity contribution in [1.82, 2.24) is 24.6 Å². The number of nitrogens with one attached hydrogen (secondary N) is 1. The van der Waals surface area contributed by atoms with Gasteiger partial charge in [-0.15, -0.1) is 0 Å². The van der Waals surface area contributed by atoms with Gasteiger partial charge >= 0.3 is 5.69 Å². The molecule has 0 saturated heterocycles. The predicted molar refractivity (Wildman–Crippen MR) is 114 cm³/mol. The first-order valence-corrected chi connectivity index (χ1v) is 10.7. The van der Waals surface area contributed by atoms with Gasteiger partial charge in [0.25, 0.3) is 0 Å². The zero-order valence-electron chi connectivity index (χ0n) is 18.1. The zero-order valence-corrected chi connectivity index (χ0v) is 18.1. The molecule has 1 N–H and O–H groups in total. The molecule has 1 atom stereocenters. The van der Waals surface area contributed by atoms with E-state index in [0.29, 0.717) is 19.5 Å². The average Bonchev–Trinajstić information content (AvgIpc) is 3.52. The van der Waals surface area contributed by atoms with Crippen LogP contribution in [0.25, 0.3) is 0 Å². The fourth-order valence-corrected chi connectivity index (χ4v) is 4.22. The van der Waals surface area contributed by atoms with Gasteiger partial charge in [0.05, 0.1) is 19.1 Å². The number of amides is 1. The summed E-state index contributed by atoms with van der Waals surface area (Å²) in [6.45, 7) is 1.97. The van der Waals surface area contributed by atoms with Gasteiger partial charge in [-0.25, -0.2) is 9.48 Å². The van der Waals surface area contributed by atoms with Gasteiger partial charge in [-0.3, -0.25) is 9.36 Å². The molecule has 2 aromatic rings. The number of carbonyl (C=O) groups is 1. The topological polar surface area (TPSA) is 81.4 Å². The third kappa shape index (κ3) is 4.01. The number of hydrogen-bond acceptors (Lipinski definition) is 5. The van der Waals surface area contributed by atoms with E-state index >= 15 is 0 Å². The van der Waals surface area contributed by atoms with Crippen LogP contribution in [0.3, 0.4) is 0 Å². The summed E-state index contributed by atoms with van der Waals surface area (Å²) in [5.74, 6) is 1.72. The molecule has 1 saturated carbocycles. The van der Waals surface area contributed by atoms with Crippen molar-refractivity contribution in [3.05, 3.63) is 46.1 Å². The van der Waals surface area contributed by atoms with Crippen LogP contribution in [0.1, 0.15) is 37.1 Å². The molecule has 1 aromatic heterocycles. The van der Waals surface area contributed by atoms with Gasteiger partial charge < -0.3 is 15.0 Å². The van der Waals surface area contributed by atoms with E-state index < -0.39 is 5.41 Å². The highest BCUT2D eigenvalue weighted by Crippen LogP contribution is 2.48. The van der Waals surface area contributed by atoms with E-state index in [1.807, 2.05) is 43.3 Å². The molecule has 0 radical (unpaired) electrons. The number of methoxy groups -OCH3 is 1. The van der Waals surface area contributed by atoms with Gasteiger partial charge in [-0.05, 0) is 57.5 Å². The summed E-state index contributed by atoms with van der Waals surface area (Å²) in [5, 5.41) is 7.80. The maximum atomic E-state index is 13.1. The monoisotopic (exact) mass is 413 g/mol. The van der Waals surface area contributed by atoms with E-state index in [9.17, 15) is 9.59 Å². The Hall–Kier alpha value is -2.61. The number of ether oxygens (including phenoxy) is 1. The number of rotatable bonds is 7. The second kappa shape index (κ2) is 8.26. The van der Waals surface area contributed by atoms with Crippen LogP contribution in [0, 0.1) is 0 Å². The van der Waals surface area contributed by atoms with Crippen molar-refractivity contribution in [2.24, 2.45) is 0 Å². The van der Waals surface area contributed by atoms with Crippen molar-refractivity contribution < 1.29 is 9.53 Å². The molecular formula is C22H31N5O3. The summed E-state index contributed by atoms with van der Waals surface area (Å²) in [5.41, 5.74) is 0.590. The number of likely N-dealkylation sites (N-methyl/N-ethyl adjacent to an activating group) is 1. The van der Waals surface area contributed by atoms with Crippen molar-refractivity contribution in [3.63, 3.8) is 0 Å². The lowest BCUT2D eigenvalue weighted by Gasteiger charge is -2.21. The number of benzene rings is 1. The van der Waals surface area contributed by atoms with E-state index in [1.165, 1.54) is 0 Å². The normalized spacial score (nSPS) is 19.8. The number of fused-ring (bicyclic) bond motifs is 1. The Bertz CT molecular complexity index is 956. The minimum Gasteiger partial charge on any atom is -0.497 e. The van der Waals surface area contributed by atoms with Gasteiger partial charge in [0.1, 0.15) is 11.6 Å². The molecule has 8 nitrogen and oxygen atoms in total. The number of carbonyl (C=O) groups excluding carboxylic acids is 1. The summed E-state index contributed by atoms with van der Waals surface area (Å²) in [6, 6.07) is 7.86. The van der Waals surface area contributed by atoms with Gasteiger partial charge in [0.2, 0.25) is 5.91 Å². The minimum absolute atomic E-state index is 0.0456. The Kier molecular flexibility index (Phi) is 5.69. The Balaban J connectivity index is 1.39. The van der Waals surface area contributed by atoms with E-state index in [2.05, 4.69) is 10.4 Å². The molecule has 1 unspecified atom stereocenters. The van der Waals surface area contributed by atoms with Crippen LogP contribution in [-0.2, 0) is 29.7 Å². The Labute approximate surface area is 176 Å². The fraction of sp³-hybridized carbons (Fsp3) is 0.591. The molecule has 162 valence electrons. The first kappa shape index (κ1) is 20.7. The maximum Gasteiger partial charge on any atom is 0.345 e. The number of aromatic nitrogens is 3. The molecule has 30 heavy (non-hydrogen) atoms. The van der Waals surface area contributed by atoms with Crippen molar-refractivity contribution >= 4 is 5.91 Å². The fourth-order valence-electron chi connectivity index (χ4n) is 4.22. The van der Waals surface area contributed by atoms with Crippen LogP contribution < -0.4 is 15.7 Å². The summed E-state index contributed by atoms with van der Waals surface area (Å²) in [7, 11) is 5.61. The van der Waals surface area contributed by atoms with Crippen LogP contribution in [0.2, 0.25) is 0 Å². The van der Waals surface area contributed by atoms with Crippen molar-refractivity contribution in [2.45, 2.75) is 56.7 Å². The standard InChI is InChI=1S/C22H31N5O3/c1-25(2)14-15-27-21(29)26-13-10-17(6-9-19(26)24-27)23-20(28)22(11-12-22)16-4-7-18(30-3)8-5-16/h4-5,7-8,17H,6,9-15H2,1-3H3,(H,23,28). The average molecular weight is 414 g/mol. The highest BCUT2D eigenvalue weighted by Gasteiger charge is 2.51. The first-order chi connectivity index (χ1) is 14.4. The van der Waals surface area contributed by atoms with Crippen molar-refractivity contribution in [2.75, 3.05) is 27.7 Å². The molecule has 2 heterocycles. The lowest BCUT2D eigenvalue weighted by Crippen LogP contribution is -2.42. The molecule has 1 amide bonds. The lowest BCUT2D eigenvalue weighted by molar-refractivity contribution is -0.124. The smallest absolute Gasteiger partial charge is 0.345 e. The van der Waals surface area contributed by atoms with Crippen LogP contribution in [-0.4, -0.2) is 58.9 Å². The van der Waals surface area contributed by atoms with Gasteiger partial charge in [-0.2, -0.15) is 5.10 Å². The SMILES string of the molecule is COc1ccc(C2(C(=O)NC3CCc4nn(CCN(C)C)c(=O)n4CC3)CC2)cc1. The van der Waals surface area contributed by atoms with Gasteiger partial charge in [0, 0.05) is 25.6 Å². The summed E-state index contributed by atoms with van der Waals surface area (Å²) in [6.07, 6.45) is 3.99. The van der Waals surface area contributed by atoms with Crippen molar-refractivity contribution in [3.8, 4) is 5.75 Å². The Morgan fingerprint density at radius 3 is 2.63 bits per heavy atom. The van der Waals surface area contributed by atoms with Crippen LogP contribution in [0.5, 0.6) is 5.75 Å². The maximum absolute atomic E-state index is 13.1. The van der Waals surface area contributed by atoms with E-state index in [-0.39, 0.29) is 17.6 Å². The molecule has 1 aromatic carbocycles. The van der Waals surface area contributed by atoms with E-state index in [0.717, 1.165) is 49.4 Å². The summed E-state index contributed by atoms with van der Waals surface area (Å²) >= 11 is 0. The second-order valence-corrected chi connectivity index (χ2v) is 8.69. The molecular weight excluding hydrogens is 382 g/mol. The molecule has 8 heteroatoms. The summed E-state index contributed by atoms with van der Waals surface area (Å²) in [4.78, 5) is 27.8. The minimum atomic E-state index is -0.412. The van der Waals surface area contributed by atoms with Crippen molar-refractivity contribution in [1.29, 1.82) is 0 Å². The molecule has 1 fully saturated rings. The van der Waals surface area contributed by atoms with E-state index in [1.54, 1.807) is 16.4 Å². The lowest BCUT2D eigenvalue weighted by atomic mass is 9.94. The van der Waals surface area contributed by atoms with Crippen LogP contribution in [0.15, 0.2) is 29.1 Å². The number of hydrogen-bond donors (Lipinski definition) is 1. The zero-order chi connectivity index (χ0) is 21.3. The second-order valence-electron chi connectivity index (χ2n) is 8.69. The third-order valence-electron chi connectivity index (χ3n) is 6.34. The quantitative estimate of drug-likeness (QED) is 0.737. The van der Waals surface area contributed by atoms with E-state index in [4.69, 9.17) is 4.74 Å². The largest absolute Gasteiger partial charge is 0.497 e. The van der Waals surface area contributed by atoms with Crippen LogP contribution in [0.4, 0.5) is 0 Å². The number of aryl methyl sites for hydroxylation is 1. The molecule has 1 aliphatic heterocycles. The molecule has 0 bridgehead atoms. The van der Waals surface area contributed by atoms with Gasteiger partial charge in [-0.1, -0.05) is 12.1 Å². The molecule has 0 spiro atoms. The molecule has 2 aliphatic rings. The predicted octanol–water partition coefficient (Wildman–Crippen LogP) is 1.17. The highest BCUT2D eigenvalue weighted by atomic mass is 16.5. The summed E-state index contributed by atoms with van der Waals surface area (Å²) < 4.78 is 8.57. The van der Waals surface area contributed by atoms with Crippen LogP contribution >= 0.6 is 0 Å². The number of nitrogens with zero attached hydrogens (tertiary/aromatic N) is 4. The Morgan fingerprint density at radius 2 is 2.00 bits per heavy atom.